The van der Waals surface area contributed by atoms with Gasteiger partial charge in [0.15, 0.2) is 11.5 Å². The first-order valence-corrected chi connectivity index (χ1v) is 13.9. The van der Waals surface area contributed by atoms with Gasteiger partial charge in [0.05, 0.1) is 28.7 Å². The summed E-state index contributed by atoms with van der Waals surface area (Å²) in [6.07, 6.45) is 3.04. The fourth-order valence-corrected chi connectivity index (χ4v) is 5.53. The van der Waals surface area contributed by atoms with E-state index < -0.39 is 17.4 Å². The van der Waals surface area contributed by atoms with Crippen LogP contribution in [-0.2, 0) is 23.5 Å². The molecule has 0 bridgehead atoms. The Balaban J connectivity index is 1.23. The van der Waals surface area contributed by atoms with E-state index in [1.54, 1.807) is 55.5 Å². The van der Waals surface area contributed by atoms with Gasteiger partial charge in [-0.05, 0) is 60.5 Å². The molecule has 212 valence electrons. The van der Waals surface area contributed by atoms with Crippen LogP contribution >= 0.6 is 11.6 Å². The molecule has 2 aromatic heterocycles. The summed E-state index contributed by atoms with van der Waals surface area (Å²) < 4.78 is 51.2. The zero-order chi connectivity index (χ0) is 29.0. The van der Waals surface area contributed by atoms with Gasteiger partial charge in [0, 0.05) is 42.8 Å². The van der Waals surface area contributed by atoms with Crippen LogP contribution in [0.5, 0.6) is 11.5 Å². The number of pyridine rings is 1. The van der Waals surface area contributed by atoms with E-state index in [-0.39, 0.29) is 18.1 Å². The average Bonchev–Trinajstić information content (AvgIpc) is 3.49. The molecule has 0 spiro atoms. The third-order valence-corrected chi connectivity index (χ3v) is 7.95. The summed E-state index contributed by atoms with van der Waals surface area (Å²) in [5.74, 6) is -1.40. The highest BCUT2D eigenvalue weighted by molar-refractivity contribution is 6.30. The predicted octanol–water partition coefficient (Wildman–Crippen LogP) is 6.87. The highest BCUT2D eigenvalue weighted by Gasteiger charge is 2.41. The third-order valence-electron chi connectivity index (χ3n) is 7.73. The highest BCUT2D eigenvalue weighted by atomic mass is 35.5. The van der Waals surface area contributed by atoms with E-state index in [0.29, 0.717) is 63.4 Å². The molecular weight excluding hydrogens is 564 g/mol. The maximum Gasteiger partial charge on any atom is 0.292 e. The number of ether oxygens (including phenoxy) is 3. The predicted molar refractivity (Wildman–Crippen MR) is 152 cm³/mol. The van der Waals surface area contributed by atoms with Crippen molar-refractivity contribution in [2.45, 2.75) is 38.2 Å². The van der Waals surface area contributed by atoms with Gasteiger partial charge in [-0.25, -0.2) is 13.8 Å². The Bertz CT molecular complexity index is 1830. The zero-order valence-corrected chi connectivity index (χ0v) is 23.2. The summed E-state index contributed by atoms with van der Waals surface area (Å²) in [6, 6.07) is 16.3. The van der Waals surface area contributed by atoms with Gasteiger partial charge in [0.2, 0.25) is 0 Å². The fraction of sp³-hybridized carbons (Fsp3) is 0.219. The van der Waals surface area contributed by atoms with Gasteiger partial charge < -0.3 is 18.8 Å². The Morgan fingerprint density at radius 1 is 1.10 bits per heavy atom. The van der Waals surface area contributed by atoms with Gasteiger partial charge in [-0.1, -0.05) is 23.7 Å². The van der Waals surface area contributed by atoms with Crippen molar-refractivity contribution in [2.75, 3.05) is 6.61 Å². The number of hydrogen-bond donors (Lipinski definition) is 0. The number of fused-ring (bicyclic) bond motifs is 2. The number of hydrogen-bond acceptors (Lipinski definition) is 6. The Labute approximate surface area is 244 Å². The lowest BCUT2D eigenvalue weighted by atomic mass is 10.00. The van der Waals surface area contributed by atoms with Crippen LogP contribution in [0.3, 0.4) is 0 Å². The van der Waals surface area contributed by atoms with Crippen molar-refractivity contribution in [1.29, 1.82) is 0 Å². The fourth-order valence-electron chi connectivity index (χ4n) is 5.42. The molecule has 7 rings (SSSR count). The molecule has 2 atom stereocenters. The maximum absolute atomic E-state index is 15.7. The Kier molecular flexibility index (Phi) is 6.44. The minimum Gasteiger partial charge on any atom is -0.443 e. The number of rotatable bonds is 7. The summed E-state index contributed by atoms with van der Waals surface area (Å²) in [5.41, 5.74) is 3.02. The summed E-state index contributed by atoms with van der Waals surface area (Å²) in [7, 11) is 0. The molecule has 0 aliphatic carbocycles. The molecule has 5 aromatic rings. The van der Waals surface area contributed by atoms with E-state index in [9.17, 15) is 4.79 Å². The van der Waals surface area contributed by atoms with Gasteiger partial charge in [-0.2, -0.15) is 0 Å². The number of para-hydroxylation sites is 1. The van der Waals surface area contributed by atoms with Crippen LogP contribution in [0.4, 0.5) is 8.78 Å². The van der Waals surface area contributed by atoms with Gasteiger partial charge in [-0.3, -0.25) is 9.78 Å². The topological polar surface area (TPSA) is 75.5 Å². The van der Waals surface area contributed by atoms with Crippen molar-refractivity contribution in [3.63, 3.8) is 0 Å². The van der Waals surface area contributed by atoms with Crippen LogP contribution in [0.25, 0.3) is 22.2 Å². The molecule has 0 amide bonds. The van der Waals surface area contributed by atoms with Gasteiger partial charge in [-0.15, -0.1) is 0 Å². The molecule has 2 aliphatic heterocycles. The normalized spacial score (nSPS) is 19.2. The van der Waals surface area contributed by atoms with Crippen LogP contribution < -0.4 is 9.47 Å². The number of imidazole rings is 1. The number of benzene rings is 3. The minimum absolute atomic E-state index is 0.0192. The Hall–Kier alpha value is -4.34. The standard InChI is InChI=1S/C32H24ClF2N3O4/c1-32(29-8-6-20(33)15-36-29)41-28-4-2-3-22(31(28)42-32)19-12-24(34)23(25(35)13-19)14-30-37-26-7-5-18(17-39)11-27(26)38(30)16-21-9-10-40-21/h2-8,11-13,15,17,21H,9-10,14,16H2,1H3. The molecular formula is C32H24ClF2N3O4. The van der Waals surface area contributed by atoms with E-state index in [0.717, 1.165) is 18.2 Å². The van der Waals surface area contributed by atoms with Crippen LogP contribution in [0.1, 0.15) is 40.8 Å². The maximum atomic E-state index is 15.7. The molecule has 3 aromatic carbocycles. The molecule has 0 saturated carbocycles. The van der Waals surface area contributed by atoms with E-state index in [1.807, 2.05) is 4.57 Å². The molecule has 2 unspecified atom stereocenters. The lowest BCUT2D eigenvalue weighted by Gasteiger charge is -2.27. The number of aldehydes is 1. The molecule has 1 fully saturated rings. The first-order chi connectivity index (χ1) is 20.3. The van der Waals surface area contributed by atoms with E-state index in [2.05, 4.69) is 9.97 Å². The summed E-state index contributed by atoms with van der Waals surface area (Å²) >= 11 is 5.99. The van der Waals surface area contributed by atoms with Crippen LogP contribution in [-0.4, -0.2) is 33.5 Å². The second-order valence-corrected chi connectivity index (χ2v) is 11.0. The molecule has 10 heteroatoms. The third kappa shape index (κ3) is 4.59. The average molecular weight is 588 g/mol. The van der Waals surface area contributed by atoms with Crippen molar-refractivity contribution < 1.29 is 27.8 Å². The first kappa shape index (κ1) is 26.6. The highest BCUT2D eigenvalue weighted by Crippen LogP contribution is 2.49. The Morgan fingerprint density at radius 2 is 1.90 bits per heavy atom. The number of aromatic nitrogens is 3. The quantitative estimate of drug-likeness (QED) is 0.194. The molecule has 0 radical (unpaired) electrons. The number of carbonyl (C=O) groups excluding carboxylic acids is 1. The summed E-state index contributed by atoms with van der Waals surface area (Å²) in [5, 5.41) is 0.474. The zero-order valence-electron chi connectivity index (χ0n) is 22.4. The number of nitrogens with zero attached hydrogens (tertiary/aromatic N) is 3. The lowest BCUT2D eigenvalue weighted by Crippen LogP contribution is -2.32. The second kappa shape index (κ2) is 10.2. The van der Waals surface area contributed by atoms with Crippen molar-refractivity contribution in [1.82, 2.24) is 14.5 Å². The van der Waals surface area contributed by atoms with Crippen LogP contribution in [0, 0.1) is 11.6 Å². The van der Waals surface area contributed by atoms with E-state index in [4.69, 9.17) is 25.8 Å². The van der Waals surface area contributed by atoms with Crippen molar-refractivity contribution in [2.24, 2.45) is 0 Å². The van der Waals surface area contributed by atoms with Crippen LogP contribution in [0.15, 0.2) is 66.9 Å². The first-order valence-electron chi connectivity index (χ1n) is 13.5. The molecule has 4 heterocycles. The van der Waals surface area contributed by atoms with E-state index >= 15 is 8.78 Å². The van der Waals surface area contributed by atoms with Crippen LogP contribution in [0.2, 0.25) is 5.02 Å². The molecule has 0 N–H and O–H groups in total. The van der Waals surface area contributed by atoms with Gasteiger partial charge in [0.25, 0.3) is 5.79 Å². The molecule has 2 aliphatic rings. The SMILES string of the molecule is CC1(c2ccc(Cl)cn2)Oc2cccc(-c3cc(F)c(Cc4nc5ccc(C=O)cc5n4CC4CCO4)c(F)c3)c2O1. The van der Waals surface area contributed by atoms with Crippen molar-refractivity contribution >= 4 is 28.9 Å². The number of halogens is 3. The smallest absolute Gasteiger partial charge is 0.292 e. The lowest BCUT2D eigenvalue weighted by molar-refractivity contribution is -0.0715. The molecule has 1 saturated heterocycles. The van der Waals surface area contributed by atoms with Crippen molar-refractivity contribution in [3.05, 3.63) is 106 Å². The van der Waals surface area contributed by atoms with Crippen molar-refractivity contribution in [3.8, 4) is 22.6 Å². The van der Waals surface area contributed by atoms with Gasteiger partial charge in [0.1, 0.15) is 29.4 Å². The number of carbonyl (C=O) groups is 1. The Morgan fingerprint density at radius 3 is 2.60 bits per heavy atom. The minimum atomic E-state index is -1.24. The molecule has 42 heavy (non-hydrogen) atoms. The van der Waals surface area contributed by atoms with E-state index in [1.165, 1.54) is 18.3 Å². The monoisotopic (exact) mass is 587 g/mol. The molecule has 7 nitrogen and oxygen atoms in total. The van der Waals surface area contributed by atoms with Gasteiger partial charge >= 0.3 is 0 Å². The largest absolute Gasteiger partial charge is 0.443 e. The summed E-state index contributed by atoms with van der Waals surface area (Å²) in [4.78, 5) is 20.4. The summed E-state index contributed by atoms with van der Waals surface area (Å²) in [6.45, 7) is 2.87. The second-order valence-electron chi connectivity index (χ2n) is 10.5.